The standard InChI is InChI=1S/C15H23N3O3/c1-10(15(2,3)4)17-18-14(19)16-11-7-12(20-5)9-13(8-11)21-6/h7-9H,1-6H3,(H2,16,18,19)/b17-10+. The van der Waals surface area contributed by atoms with Crippen LogP contribution in [0.2, 0.25) is 0 Å². The molecule has 0 fully saturated rings. The second-order valence-electron chi connectivity index (χ2n) is 5.61. The van der Waals surface area contributed by atoms with Crippen LogP contribution in [0.4, 0.5) is 10.5 Å². The fourth-order valence-electron chi connectivity index (χ4n) is 1.34. The zero-order valence-electron chi connectivity index (χ0n) is 13.4. The molecule has 1 aromatic rings. The summed E-state index contributed by atoms with van der Waals surface area (Å²) >= 11 is 0. The quantitative estimate of drug-likeness (QED) is 0.661. The Morgan fingerprint density at radius 3 is 2.05 bits per heavy atom. The zero-order valence-corrected chi connectivity index (χ0v) is 13.4. The SMILES string of the molecule is COc1cc(NC(=O)N/N=C(\C)C(C)(C)C)cc(OC)c1. The molecule has 0 radical (unpaired) electrons. The molecule has 1 rings (SSSR count). The molecule has 6 heteroatoms. The predicted octanol–water partition coefficient (Wildman–Crippen LogP) is 3.25. The molecule has 0 unspecified atom stereocenters. The van der Waals surface area contributed by atoms with Crippen molar-refractivity contribution >= 4 is 17.4 Å². The minimum Gasteiger partial charge on any atom is -0.497 e. The molecule has 21 heavy (non-hydrogen) atoms. The Kier molecular flexibility index (Phi) is 5.58. The summed E-state index contributed by atoms with van der Waals surface area (Å²) in [5, 5.41) is 6.75. The van der Waals surface area contributed by atoms with E-state index in [-0.39, 0.29) is 5.41 Å². The lowest BCUT2D eigenvalue weighted by molar-refractivity contribution is 0.252. The minimum absolute atomic E-state index is 0.0908. The molecule has 0 bridgehead atoms. The average Bonchev–Trinajstić information content (AvgIpc) is 2.43. The van der Waals surface area contributed by atoms with Gasteiger partial charge in [-0.25, -0.2) is 10.2 Å². The molecule has 0 saturated heterocycles. The third-order valence-electron chi connectivity index (χ3n) is 3.02. The number of anilines is 1. The van der Waals surface area contributed by atoms with Gasteiger partial charge in [-0.05, 0) is 6.92 Å². The predicted molar refractivity (Wildman–Crippen MR) is 84.3 cm³/mol. The highest BCUT2D eigenvalue weighted by atomic mass is 16.5. The Hall–Kier alpha value is -2.24. The topological polar surface area (TPSA) is 72.0 Å². The Bertz CT molecular complexity index is 511. The number of carbonyl (C=O) groups excluding carboxylic acids is 1. The normalized spacial score (nSPS) is 11.8. The van der Waals surface area contributed by atoms with Crippen molar-refractivity contribution in [2.75, 3.05) is 19.5 Å². The first-order valence-corrected chi connectivity index (χ1v) is 6.61. The van der Waals surface area contributed by atoms with Crippen molar-refractivity contribution in [1.82, 2.24) is 5.43 Å². The van der Waals surface area contributed by atoms with Gasteiger partial charge in [-0.15, -0.1) is 0 Å². The first-order valence-electron chi connectivity index (χ1n) is 6.61. The number of amides is 2. The summed E-state index contributed by atoms with van der Waals surface area (Å²) in [4.78, 5) is 11.8. The maximum absolute atomic E-state index is 11.8. The first kappa shape index (κ1) is 16.8. The maximum Gasteiger partial charge on any atom is 0.339 e. The summed E-state index contributed by atoms with van der Waals surface area (Å²) in [6.07, 6.45) is 0. The second-order valence-corrected chi connectivity index (χ2v) is 5.61. The number of nitrogens with one attached hydrogen (secondary N) is 2. The van der Waals surface area contributed by atoms with Gasteiger partial charge in [0.2, 0.25) is 0 Å². The highest BCUT2D eigenvalue weighted by Crippen LogP contribution is 2.25. The maximum atomic E-state index is 11.8. The lowest BCUT2D eigenvalue weighted by Gasteiger charge is -2.17. The third kappa shape index (κ3) is 5.33. The number of ether oxygens (including phenoxy) is 2. The monoisotopic (exact) mass is 293 g/mol. The molecule has 1 aromatic carbocycles. The molecular formula is C15H23N3O3. The van der Waals surface area contributed by atoms with Gasteiger partial charge in [0.1, 0.15) is 11.5 Å². The number of methoxy groups -OCH3 is 2. The van der Waals surface area contributed by atoms with Crippen molar-refractivity contribution in [1.29, 1.82) is 0 Å². The second kappa shape index (κ2) is 6.97. The van der Waals surface area contributed by atoms with Crippen LogP contribution in [0.5, 0.6) is 11.5 Å². The third-order valence-corrected chi connectivity index (χ3v) is 3.02. The fraction of sp³-hybridized carbons (Fsp3) is 0.467. The molecule has 0 aliphatic heterocycles. The molecule has 0 aliphatic carbocycles. The summed E-state index contributed by atoms with van der Waals surface area (Å²) in [5.41, 5.74) is 3.77. The Morgan fingerprint density at radius 2 is 1.62 bits per heavy atom. The van der Waals surface area contributed by atoms with E-state index in [2.05, 4.69) is 15.8 Å². The van der Waals surface area contributed by atoms with Gasteiger partial charge in [0.25, 0.3) is 0 Å². The Labute approximate surface area is 125 Å². The van der Waals surface area contributed by atoms with Crippen molar-refractivity contribution in [3.8, 4) is 11.5 Å². The van der Waals surface area contributed by atoms with Gasteiger partial charge in [-0.1, -0.05) is 20.8 Å². The zero-order chi connectivity index (χ0) is 16.0. The van der Waals surface area contributed by atoms with Gasteiger partial charge >= 0.3 is 6.03 Å². The van der Waals surface area contributed by atoms with E-state index in [0.29, 0.717) is 17.2 Å². The molecule has 0 aliphatic rings. The number of carbonyl (C=O) groups is 1. The van der Waals surface area contributed by atoms with E-state index >= 15 is 0 Å². The number of hydrazone groups is 1. The Morgan fingerprint density at radius 1 is 1.10 bits per heavy atom. The van der Waals surface area contributed by atoms with Crippen LogP contribution in [-0.2, 0) is 0 Å². The number of benzene rings is 1. The van der Waals surface area contributed by atoms with E-state index in [1.54, 1.807) is 32.4 Å². The van der Waals surface area contributed by atoms with Gasteiger partial charge < -0.3 is 14.8 Å². The van der Waals surface area contributed by atoms with Gasteiger partial charge in [-0.2, -0.15) is 5.10 Å². The molecule has 6 nitrogen and oxygen atoms in total. The van der Waals surface area contributed by atoms with Crippen LogP contribution in [0.15, 0.2) is 23.3 Å². The lowest BCUT2D eigenvalue weighted by Crippen LogP contribution is -2.28. The van der Waals surface area contributed by atoms with E-state index < -0.39 is 6.03 Å². The first-order chi connectivity index (χ1) is 9.76. The summed E-state index contributed by atoms with van der Waals surface area (Å²) < 4.78 is 10.3. The van der Waals surface area contributed by atoms with Gasteiger partial charge in [-0.3, -0.25) is 0 Å². The largest absolute Gasteiger partial charge is 0.497 e. The van der Waals surface area contributed by atoms with Crippen LogP contribution in [0, 0.1) is 5.41 Å². The molecule has 2 amide bonds. The minimum atomic E-state index is -0.422. The molecule has 0 heterocycles. The van der Waals surface area contributed by atoms with E-state index in [9.17, 15) is 4.79 Å². The van der Waals surface area contributed by atoms with E-state index in [4.69, 9.17) is 9.47 Å². The molecule has 0 atom stereocenters. The summed E-state index contributed by atoms with van der Waals surface area (Å²) in [7, 11) is 3.10. The van der Waals surface area contributed by atoms with Gasteiger partial charge in [0.05, 0.1) is 14.2 Å². The van der Waals surface area contributed by atoms with Crippen molar-refractivity contribution in [3.63, 3.8) is 0 Å². The van der Waals surface area contributed by atoms with Crippen LogP contribution in [-0.4, -0.2) is 26.0 Å². The highest BCUT2D eigenvalue weighted by Gasteiger charge is 2.14. The van der Waals surface area contributed by atoms with Crippen LogP contribution in [0.25, 0.3) is 0 Å². The number of urea groups is 1. The van der Waals surface area contributed by atoms with Crippen molar-refractivity contribution in [2.45, 2.75) is 27.7 Å². The number of nitrogens with zero attached hydrogens (tertiary/aromatic N) is 1. The molecule has 0 aromatic heterocycles. The molecule has 116 valence electrons. The molecule has 0 saturated carbocycles. The Balaban J connectivity index is 2.75. The molecule has 0 spiro atoms. The lowest BCUT2D eigenvalue weighted by atomic mass is 9.91. The molecule has 2 N–H and O–H groups in total. The van der Waals surface area contributed by atoms with Crippen molar-refractivity contribution in [2.24, 2.45) is 10.5 Å². The van der Waals surface area contributed by atoms with Gasteiger partial charge in [0, 0.05) is 35.0 Å². The highest BCUT2D eigenvalue weighted by molar-refractivity contribution is 5.92. The fourth-order valence-corrected chi connectivity index (χ4v) is 1.34. The van der Waals surface area contributed by atoms with Crippen molar-refractivity contribution in [3.05, 3.63) is 18.2 Å². The summed E-state index contributed by atoms with van der Waals surface area (Å²) in [6.45, 7) is 7.95. The van der Waals surface area contributed by atoms with Crippen LogP contribution >= 0.6 is 0 Å². The summed E-state index contributed by atoms with van der Waals surface area (Å²) in [5.74, 6) is 1.19. The van der Waals surface area contributed by atoms with E-state index in [0.717, 1.165) is 5.71 Å². The average molecular weight is 293 g/mol. The van der Waals surface area contributed by atoms with Crippen molar-refractivity contribution < 1.29 is 14.3 Å². The smallest absolute Gasteiger partial charge is 0.339 e. The van der Waals surface area contributed by atoms with Crippen LogP contribution in [0.1, 0.15) is 27.7 Å². The van der Waals surface area contributed by atoms with Crippen LogP contribution < -0.4 is 20.2 Å². The van der Waals surface area contributed by atoms with Crippen LogP contribution in [0.3, 0.4) is 0 Å². The molecular weight excluding hydrogens is 270 g/mol. The number of hydrogen-bond acceptors (Lipinski definition) is 4. The number of hydrogen-bond donors (Lipinski definition) is 2. The number of rotatable bonds is 4. The van der Waals surface area contributed by atoms with E-state index in [1.165, 1.54) is 0 Å². The van der Waals surface area contributed by atoms with E-state index in [1.807, 2.05) is 27.7 Å². The van der Waals surface area contributed by atoms with Gasteiger partial charge in [0.15, 0.2) is 0 Å². The summed E-state index contributed by atoms with van der Waals surface area (Å²) in [6, 6.07) is 4.70.